The van der Waals surface area contributed by atoms with E-state index in [1.54, 1.807) is 0 Å². The number of benzene rings is 2. The Balaban J connectivity index is 2.08. The van der Waals surface area contributed by atoms with Gasteiger partial charge in [0.1, 0.15) is 5.75 Å². The van der Waals surface area contributed by atoms with Crippen molar-refractivity contribution in [1.29, 1.82) is 0 Å². The topological polar surface area (TPSA) is 64.3 Å². The molecule has 21 heavy (non-hydrogen) atoms. The summed E-state index contributed by atoms with van der Waals surface area (Å²) in [5.74, 6) is 0.600. The van der Waals surface area contributed by atoms with Crippen LogP contribution in [0.3, 0.4) is 0 Å². The number of amides is 1. The van der Waals surface area contributed by atoms with Crippen molar-refractivity contribution in [3.05, 3.63) is 59.7 Å². The molecule has 0 atom stereocenters. The molecule has 2 rings (SSSR count). The number of para-hydroxylation sites is 2. The molecule has 0 aliphatic carbocycles. The van der Waals surface area contributed by atoms with Gasteiger partial charge in [0.05, 0.1) is 18.7 Å². The van der Waals surface area contributed by atoms with Crippen molar-refractivity contribution >= 4 is 11.6 Å². The van der Waals surface area contributed by atoms with Gasteiger partial charge in [0.25, 0.3) is 0 Å². The Kier molecular flexibility index (Phi) is 5.35. The van der Waals surface area contributed by atoms with Gasteiger partial charge >= 0.3 is 0 Å². The SMILES string of the molecule is CCOc1ccccc1NC(=O)Cc1ccccc1CN. The second-order valence-electron chi connectivity index (χ2n) is 4.63. The Morgan fingerprint density at radius 2 is 1.76 bits per heavy atom. The molecule has 0 radical (unpaired) electrons. The Labute approximate surface area is 124 Å². The highest BCUT2D eigenvalue weighted by Gasteiger charge is 2.10. The fourth-order valence-electron chi connectivity index (χ4n) is 2.15. The number of nitrogens with one attached hydrogen (secondary N) is 1. The van der Waals surface area contributed by atoms with E-state index in [9.17, 15) is 4.79 Å². The average Bonchev–Trinajstić information content (AvgIpc) is 2.50. The van der Waals surface area contributed by atoms with E-state index in [4.69, 9.17) is 10.5 Å². The van der Waals surface area contributed by atoms with E-state index in [1.165, 1.54) is 0 Å². The molecule has 0 unspecified atom stereocenters. The van der Waals surface area contributed by atoms with Gasteiger partial charge in [0.2, 0.25) is 5.91 Å². The van der Waals surface area contributed by atoms with Crippen molar-refractivity contribution in [2.75, 3.05) is 11.9 Å². The summed E-state index contributed by atoms with van der Waals surface area (Å²) in [5.41, 5.74) is 8.32. The van der Waals surface area contributed by atoms with Gasteiger partial charge in [-0.2, -0.15) is 0 Å². The molecule has 0 fully saturated rings. The fourth-order valence-corrected chi connectivity index (χ4v) is 2.15. The van der Waals surface area contributed by atoms with E-state index in [1.807, 2.05) is 55.5 Å². The van der Waals surface area contributed by atoms with Crippen molar-refractivity contribution in [3.8, 4) is 5.75 Å². The first kappa shape index (κ1) is 15.1. The van der Waals surface area contributed by atoms with Crippen LogP contribution in [0.15, 0.2) is 48.5 Å². The molecule has 2 aromatic rings. The van der Waals surface area contributed by atoms with E-state index in [-0.39, 0.29) is 5.91 Å². The molecule has 0 spiro atoms. The number of carbonyl (C=O) groups excluding carboxylic acids is 1. The molecule has 0 aromatic heterocycles. The molecule has 110 valence electrons. The number of hydrogen-bond acceptors (Lipinski definition) is 3. The molecule has 0 heterocycles. The number of ether oxygens (including phenoxy) is 1. The summed E-state index contributed by atoms with van der Waals surface area (Å²) in [5, 5.41) is 2.89. The first-order chi connectivity index (χ1) is 10.2. The van der Waals surface area contributed by atoms with Gasteiger partial charge in [-0.15, -0.1) is 0 Å². The predicted octanol–water partition coefficient (Wildman–Crippen LogP) is 2.73. The second-order valence-corrected chi connectivity index (χ2v) is 4.63. The highest BCUT2D eigenvalue weighted by Crippen LogP contribution is 2.24. The molecule has 3 N–H and O–H groups in total. The molecule has 0 saturated heterocycles. The maximum atomic E-state index is 12.2. The van der Waals surface area contributed by atoms with Gasteiger partial charge in [-0.3, -0.25) is 4.79 Å². The first-order valence-electron chi connectivity index (χ1n) is 7.03. The summed E-state index contributed by atoms with van der Waals surface area (Å²) in [7, 11) is 0. The van der Waals surface area contributed by atoms with Gasteiger partial charge in [0.15, 0.2) is 0 Å². The number of rotatable bonds is 6. The third-order valence-corrected chi connectivity index (χ3v) is 3.15. The molecule has 4 nitrogen and oxygen atoms in total. The Bertz CT molecular complexity index is 611. The first-order valence-corrected chi connectivity index (χ1v) is 7.03. The van der Waals surface area contributed by atoms with Crippen LogP contribution in [0, 0.1) is 0 Å². The lowest BCUT2D eigenvalue weighted by Gasteiger charge is -2.12. The Morgan fingerprint density at radius 1 is 1.10 bits per heavy atom. The van der Waals surface area contributed by atoms with E-state index in [0.29, 0.717) is 31.0 Å². The second kappa shape index (κ2) is 7.45. The molecule has 2 aromatic carbocycles. The van der Waals surface area contributed by atoms with Crippen molar-refractivity contribution in [2.24, 2.45) is 5.73 Å². The molecule has 0 aliphatic rings. The lowest BCUT2D eigenvalue weighted by atomic mass is 10.0. The molecular weight excluding hydrogens is 264 g/mol. The molecule has 0 saturated carbocycles. The zero-order valence-corrected chi connectivity index (χ0v) is 12.1. The number of carbonyl (C=O) groups is 1. The summed E-state index contributed by atoms with van der Waals surface area (Å²) in [6.07, 6.45) is 0.299. The molecule has 0 aliphatic heterocycles. The van der Waals surface area contributed by atoms with E-state index >= 15 is 0 Å². The van der Waals surface area contributed by atoms with E-state index in [0.717, 1.165) is 11.1 Å². The van der Waals surface area contributed by atoms with Gasteiger partial charge in [-0.05, 0) is 30.2 Å². The van der Waals surface area contributed by atoms with Crippen molar-refractivity contribution < 1.29 is 9.53 Å². The fraction of sp³-hybridized carbons (Fsp3) is 0.235. The monoisotopic (exact) mass is 284 g/mol. The van der Waals surface area contributed by atoms with Crippen LogP contribution in [-0.2, 0) is 17.8 Å². The van der Waals surface area contributed by atoms with Crippen LogP contribution in [0.5, 0.6) is 5.75 Å². The smallest absolute Gasteiger partial charge is 0.228 e. The zero-order valence-electron chi connectivity index (χ0n) is 12.1. The predicted molar refractivity (Wildman–Crippen MR) is 84.3 cm³/mol. The maximum Gasteiger partial charge on any atom is 0.228 e. The lowest BCUT2D eigenvalue weighted by molar-refractivity contribution is -0.115. The highest BCUT2D eigenvalue weighted by molar-refractivity contribution is 5.93. The third kappa shape index (κ3) is 4.07. The number of hydrogen-bond donors (Lipinski definition) is 2. The van der Waals surface area contributed by atoms with Gasteiger partial charge < -0.3 is 15.8 Å². The van der Waals surface area contributed by atoms with Crippen LogP contribution in [-0.4, -0.2) is 12.5 Å². The standard InChI is InChI=1S/C17H20N2O2/c1-2-21-16-10-6-5-9-15(16)19-17(20)11-13-7-3-4-8-14(13)12-18/h3-10H,2,11-12,18H2,1H3,(H,19,20). The Hall–Kier alpha value is -2.33. The summed E-state index contributed by atoms with van der Waals surface area (Å²) in [4.78, 5) is 12.2. The van der Waals surface area contributed by atoms with E-state index in [2.05, 4.69) is 5.32 Å². The van der Waals surface area contributed by atoms with Gasteiger partial charge in [-0.1, -0.05) is 36.4 Å². The quantitative estimate of drug-likeness (QED) is 0.857. The van der Waals surface area contributed by atoms with Crippen LogP contribution in [0.2, 0.25) is 0 Å². The van der Waals surface area contributed by atoms with E-state index < -0.39 is 0 Å². The Morgan fingerprint density at radius 3 is 2.48 bits per heavy atom. The summed E-state index contributed by atoms with van der Waals surface area (Å²) in [6, 6.07) is 15.1. The largest absolute Gasteiger partial charge is 0.492 e. The minimum absolute atomic E-state index is 0.0805. The zero-order chi connectivity index (χ0) is 15.1. The number of nitrogens with two attached hydrogens (primary N) is 1. The van der Waals surface area contributed by atoms with Gasteiger partial charge in [0, 0.05) is 6.54 Å². The van der Waals surface area contributed by atoms with Crippen molar-refractivity contribution in [2.45, 2.75) is 19.9 Å². The normalized spacial score (nSPS) is 10.2. The highest BCUT2D eigenvalue weighted by atomic mass is 16.5. The van der Waals surface area contributed by atoms with Crippen LogP contribution >= 0.6 is 0 Å². The summed E-state index contributed by atoms with van der Waals surface area (Å²) in [6.45, 7) is 2.90. The van der Waals surface area contributed by atoms with Crippen LogP contribution < -0.4 is 15.8 Å². The third-order valence-electron chi connectivity index (χ3n) is 3.15. The lowest BCUT2D eigenvalue weighted by Crippen LogP contribution is -2.16. The molecular formula is C17H20N2O2. The minimum Gasteiger partial charge on any atom is -0.492 e. The maximum absolute atomic E-state index is 12.2. The van der Waals surface area contributed by atoms with Crippen LogP contribution in [0.25, 0.3) is 0 Å². The average molecular weight is 284 g/mol. The van der Waals surface area contributed by atoms with Crippen molar-refractivity contribution in [3.63, 3.8) is 0 Å². The van der Waals surface area contributed by atoms with Crippen LogP contribution in [0.4, 0.5) is 5.69 Å². The molecule has 1 amide bonds. The molecule has 4 heteroatoms. The molecule has 0 bridgehead atoms. The van der Waals surface area contributed by atoms with Crippen molar-refractivity contribution in [1.82, 2.24) is 0 Å². The minimum atomic E-state index is -0.0805. The van der Waals surface area contributed by atoms with Crippen LogP contribution in [0.1, 0.15) is 18.1 Å². The summed E-state index contributed by atoms with van der Waals surface area (Å²) < 4.78 is 5.50. The number of anilines is 1. The van der Waals surface area contributed by atoms with Gasteiger partial charge in [-0.25, -0.2) is 0 Å². The summed E-state index contributed by atoms with van der Waals surface area (Å²) >= 11 is 0.